The topological polar surface area (TPSA) is 37.6 Å². The molecule has 0 radical (unpaired) electrons. The lowest BCUT2D eigenvalue weighted by molar-refractivity contribution is 0.284. The average molecular weight is 463 g/mol. The Balaban J connectivity index is 1.60. The molecule has 0 atom stereocenters. The maximum Gasteiger partial charge on any atom is 0.221 e. The second-order valence-corrected chi connectivity index (χ2v) is 8.22. The summed E-state index contributed by atoms with van der Waals surface area (Å²) < 4.78 is 35.4. The van der Waals surface area contributed by atoms with Crippen molar-refractivity contribution in [2.45, 2.75) is 19.6 Å². The summed E-state index contributed by atoms with van der Waals surface area (Å²) in [6, 6.07) is 20.3. The van der Waals surface area contributed by atoms with Gasteiger partial charge in [-0.3, -0.25) is 4.57 Å². The standard InChI is InChI=1S/C26H23FN2O3S/c1-30-23-13-18-12-22-25(32-16-17-8-10-20(27)11-9-17)29(21-6-4-3-5-7-21)26(33)28(22)15-19(18)14-24(23)31-2/h3-11,13-14H,12,15-16H2,1-2H3. The van der Waals surface area contributed by atoms with Crippen LogP contribution in [0, 0.1) is 10.6 Å². The van der Waals surface area contributed by atoms with Crippen LogP contribution in [0.5, 0.6) is 17.4 Å². The van der Waals surface area contributed by atoms with Crippen molar-refractivity contribution in [1.29, 1.82) is 0 Å². The first-order valence-electron chi connectivity index (χ1n) is 10.6. The van der Waals surface area contributed by atoms with Crippen LogP contribution in [0.2, 0.25) is 0 Å². The summed E-state index contributed by atoms with van der Waals surface area (Å²) in [6.45, 7) is 0.911. The Morgan fingerprint density at radius 1 is 0.909 bits per heavy atom. The molecule has 0 saturated carbocycles. The Hall–Kier alpha value is -3.58. The first kappa shape index (κ1) is 21.3. The van der Waals surface area contributed by atoms with E-state index < -0.39 is 0 Å². The quantitative estimate of drug-likeness (QED) is 0.304. The molecule has 0 aliphatic carbocycles. The Bertz CT molecular complexity index is 1360. The molecule has 0 fully saturated rings. The summed E-state index contributed by atoms with van der Waals surface area (Å²) in [4.78, 5) is 0. The highest BCUT2D eigenvalue weighted by atomic mass is 32.1. The van der Waals surface area contributed by atoms with E-state index in [0.717, 1.165) is 28.1 Å². The minimum absolute atomic E-state index is 0.270. The van der Waals surface area contributed by atoms with Crippen LogP contribution in [0.3, 0.4) is 0 Å². The lowest BCUT2D eigenvalue weighted by Gasteiger charge is -2.21. The van der Waals surface area contributed by atoms with E-state index in [0.29, 0.717) is 41.7 Å². The molecular weight excluding hydrogens is 439 g/mol. The van der Waals surface area contributed by atoms with Gasteiger partial charge < -0.3 is 18.8 Å². The molecule has 5 rings (SSSR count). The molecule has 3 aromatic carbocycles. The predicted octanol–water partition coefficient (Wildman–Crippen LogP) is 5.70. The molecule has 0 unspecified atom stereocenters. The van der Waals surface area contributed by atoms with Gasteiger partial charge in [-0.25, -0.2) is 4.39 Å². The molecule has 168 valence electrons. The minimum Gasteiger partial charge on any atom is -0.493 e. The second kappa shape index (κ2) is 8.75. The van der Waals surface area contributed by atoms with Gasteiger partial charge in [0.1, 0.15) is 12.4 Å². The molecule has 33 heavy (non-hydrogen) atoms. The molecule has 0 N–H and O–H groups in total. The van der Waals surface area contributed by atoms with Crippen LogP contribution in [0.1, 0.15) is 22.4 Å². The van der Waals surface area contributed by atoms with E-state index in [4.69, 9.17) is 26.4 Å². The molecular formula is C26H23FN2O3S. The molecule has 0 amide bonds. The molecule has 5 nitrogen and oxygen atoms in total. The van der Waals surface area contributed by atoms with Crippen molar-refractivity contribution in [2.75, 3.05) is 14.2 Å². The van der Waals surface area contributed by atoms with Crippen LogP contribution >= 0.6 is 12.2 Å². The number of hydrogen-bond donors (Lipinski definition) is 0. The Labute approximate surface area is 196 Å². The third kappa shape index (κ3) is 3.89. The zero-order valence-electron chi connectivity index (χ0n) is 18.4. The number of nitrogens with zero attached hydrogens (tertiary/aromatic N) is 2. The van der Waals surface area contributed by atoms with Crippen molar-refractivity contribution in [1.82, 2.24) is 9.13 Å². The molecule has 1 aromatic heterocycles. The average Bonchev–Trinajstić information content (AvgIpc) is 3.12. The summed E-state index contributed by atoms with van der Waals surface area (Å²) in [5.41, 5.74) is 5.07. The Morgan fingerprint density at radius 3 is 2.24 bits per heavy atom. The van der Waals surface area contributed by atoms with E-state index >= 15 is 0 Å². The third-order valence-corrected chi connectivity index (χ3v) is 6.30. The molecule has 0 spiro atoms. The third-order valence-electron chi connectivity index (χ3n) is 5.89. The van der Waals surface area contributed by atoms with Crippen LogP contribution in [-0.2, 0) is 19.6 Å². The van der Waals surface area contributed by atoms with E-state index in [9.17, 15) is 4.39 Å². The maximum absolute atomic E-state index is 13.3. The SMILES string of the molecule is COc1cc2c(cc1OC)Cn1c(c(OCc3ccc(F)cc3)n(-c3ccccc3)c1=S)C2. The number of imidazole rings is 1. The largest absolute Gasteiger partial charge is 0.493 e. The lowest BCUT2D eigenvalue weighted by atomic mass is 9.98. The number of para-hydroxylation sites is 1. The first-order chi connectivity index (χ1) is 16.1. The van der Waals surface area contributed by atoms with Gasteiger partial charge in [0.25, 0.3) is 0 Å². The van der Waals surface area contributed by atoms with Crippen molar-refractivity contribution < 1.29 is 18.6 Å². The van der Waals surface area contributed by atoms with E-state index in [2.05, 4.69) is 4.57 Å². The summed E-state index contributed by atoms with van der Waals surface area (Å²) in [5, 5.41) is 0. The number of rotatable bonds is 6. The fourth-order valence-corrected chi connectivity index (χ4v) is 4.58. The van der Waals surface area contributed by atoms with Crippen LogP contribution < -0.4 is 14.2 Å². The van der Waals surface area contributed by atoms with Gasteiger partial charge in [0, 0.05) is 6.42 Å². The fourth-order valence-electron chi connectivity index (χ4n) is 4.21. The number of hydrogen-bond acceptors (Lipinski definition) is 4. The van der Waals surface area contributed by atoms with Crippen LogP contribution in [0.15, 0.2) is 66.7 Å². The van der Waals surface area contributed by atoms with Crippen LogP contribution in [0.25, 0.3) is 5.69 Å². The van der Waals surface area contributed by atoms with Gasteiger partial charge in [-0.05, 0) is 65.3 Å². The van der Waals surface area contributed by atoms with Crippen molar-refractivity contribution >= 4 is 12.2 Å². The van der Waals surface area contributed by atoms with Gasteiger partial charge >= 0.3 is 0 Å². The van der Waals surface area contributed by atoms with Gasteiger partial charge in [-0.1, -0.05) is 30.3 Å². The number of ether oxygens (including phenoxy) is 3. The summed E-state index contributed by atoms with van der Waals surface area (Å²) >= 11 is 5.91. The Kier molecular flexibility index (Phi) is 5.64. The van der Waals surface area contributed by atoms with Gasteiger partial charge in [-0.2, -0.15) is 0 Å². The highest BCUT2D eigenvalue weighted by molar-refractivity contribution is 7.71. The van der Waals surface area contributed by atoms with Crippen LogP contribution in [0.4, 0.5) is 4.39 Å². The lowest BCUT2D eigenvalue weighted by Crippen LogP contribution is -2.15. The van der Waals surface area contributed by atoms with Crippen molar-refractivity contribution in [3.8, 4) is 23.1 Å². The minimum atomic E-state index is -0.270. The van der Waals surface area contributed by atoms with E-state index in [1.807, 2.05) is 47.0 Å². The smallest absolute Gasteiger partial charge is 0.221 e. The van der Waals surface area contributed by atoms with Crippen molar-refractivity contribution in [3.63, 3.8) is 0 Å². The highest BCUT2D eigenvalue weighted by Crippen LogP contribution is 2.38. The van der Waals surface area contributed by atoms with Gasteiger partial charge in [0.15, 0.2) is 16.3 Å². The first-order valence-corrected chi connectivity index (χ1v) is 11.0. The second-order valence-electron chi connectivity index (χ2n) is 7.86. The number of methoxy groups -OCH3 is 2. The van der Waals surface area contributed by atoms with E-state index in [1.165, 1.54) is 12.1 Å². The zero-order chi connectivity index (χ0) is 22.9. The van der Waals surface area contributed by atoms with Gasteiger partial charge in [-0.15, -0.1) is 0 Å². The van der Waals surface area contributed by atoms with Crippen molar-refractivity contribution in [3.05, 3.63) is 99.7 Å². The molecule has 4 aromatic rings. The fraction of sp³-hybridized carbons (Fsp3) is 0.192. The normalized spacial score (nSPS) is 12.1. The predicted molar refractivity (Wildman–Crippen MR) is 127 cm³/mol. The number of fused-ring (bicyclic) bond motifs is 2. The number of benzene rings is 3. The highest BCUT2D eigenvalue weighted by Gasteiger charge is 2.27. The van der Waals surface area contributed by atoms with E-state index in [1.54, 1.807) is 26.4 Å². The van der Waals surface area contributed by atoms with Gasteiger partial charge in [0.05, 0.1) is 32.1 Å². The number of halogens is 1. The zero-order valence-corrected chi connectivity index (χ0v) is 19.2. The van der Waals surface area contributed by atoms with E-state index in [-0.39, 0.29) is 5.82 Å². The van der Waals surface area contributed by atoms with Crippen LogP contribution in [-0.4, -0.2) is 23.4 Å². The number of aromatic nitrogens is 2. The summed E-state index contributed by atoms with van der Waals surface area (Å²) in [7, 11) is 3.27. The Morgan fingerprint density at radius 2 is 1.58 bits per heavy atom. The molecule has 1 aliphatic heterocycles. The summed E-state index contributed by atoms with van der Waals surface area (Å²) in [5.74, 6) is 1.81. The molecule has 1 aliphatic rings. The molecule has 0 saturated heterocycles. The summed E-state index contributed by atoms with van der Waals surface area (Å²) in [6.07, 6.45) is 0.637. The molecule has 7 heteroatoms. The van der Waals surface area contributed by atoms with Gasteiger partial charge in [0.2, 0.25) is 5.88 Å². The monoisotopic (exact) mass is 462 g/mol. The maximum atomic E-state index is 13.3. The molecule has 2 heterocycles. The molecule has 0 bridgehead atoms. The van der Waals surface area contributed by atoms with Crippen molar-refractivity contribution in [2.24, 2.45) is 0 Å².